The Kier molecular flexibility index (Phi) is 5.87. The van der Waals surface area contributed by atoms with E-state index in [1.165, 1.54) is 17.3 Å². The van der Waals surface area contributed by atoms with Crippen molar-refractivity contribution in [2.45, 2.75) is 37.6 Å². The van der Waals surface area contributed by atoms with Crippen LogP contribution in [-0.2, 0) is 16.1 Å². The molecule has 2 aromatic rings. The van der Waals surface area contributed by atoms with Gasteiger partial charge in [-0.05, 0) is 25.3 Å². The van der Waals surface area contributed by atoms with Gasteiger partial charge in [-0.25, -0.2) is 0 Å². The summed E-state index contributed by atoms with van der Waals surface area (Å²) in [5, 5.41) is 12.0. The van der Waals surface area contributed by atoms with Crippen LogP contribution in [0.1, 0.15) is 24.2 Å². The lowest BCUT2D eigenvalue weighted by atomic mass is 10.2. The highest BCUT2D eigenvalue weighted by molar-refractivity contribution is 7.99. The monoisotopic (exact) mass is 346 g/mol. The quantitative estimate of drug-likeness (QED) is 0.777. The fourth-order valence-electron chi connectivity index (χ4n) is 2.63. The highest BCUT2D eigenvalue weighted by atomic mass is 32.2. The minimum absolute atomic E-state index is 0.00224. The van der Waals surface area contributed by atoms with E-state index in [1.807, 2.05) is 29.7 Å². The van der Waals surface area contributed by atoms with Crippen molar-refractivity contribution >= 4 is 17.7 Å². The van der Waals surface area contributed by atoms with Gasteiger partial charge in [0.2, 0.25) is 5.91 Å². The molecule has 2 heterocycles. The first kappa shape index (κ1) is 17.0. The fraction of sp³-hybridized carbons (Fsp3) is 0.471. The zero-order valence-electron chi connectivity index (χ0n) is 13.8. The molecule has 6 nitrogen and oxygen atoms in total. The molecule has 1 aliphatic rings. The van der Waals surface area contributed by atoms with Gasteiger partial charge >= 0.3 is 0 Å². The Balaban J connectivity index is 1.52. The number of carbonyl (C=O) groups is 1. The van der Waals surface area contributed by atoms with Crippen LogP contribution in [0.15, 0.2) is 35.5 Å². The van der Waals surface area contributed by atoms with E-state index in [4.69, 9.17) is 4.74 Å². The number of aryl methyl sites for hydroxylation is 1. The number of nitrogens with zero attached hydrogens (tertiary/aromatic N) is 3. The zero-order chi connectivity index (χ0) is 16.8. The fourth-order valence-corrected chi connectivity index (χ4v) is 3.44. The Labute approximate surface area is 146 Å². The van der Waals surface area contributed by atoms with Crippen molar-refractivity contribution in [1.29, 1.82) is 0 Å². The van der Waals surface area contributed by atoms with Crippen LogP contribution < -0.4 is 5.32 Å². The first-order chi connectivity index (χ1) is 11.7. The summed E-state index contributed by atoms with van der Waals surface area (Å²) in [6.45, 7) is 4.03. The van der Waals surface area contributed by atoms with Gasteiger partial charge in [-0.2, -0.15) is 0 Å². The van der Waals surface area contributed by atoms with Gasteiger partial charge in [0.1, 0.15) is 5.82 Å². The SMILES string of the molecule is Cc1nnc(SCC(=O)NCC2CCCO2)n1Cc1ccccc1. The molecular formula is C17H22N4O2S. The van der Waals surface area contributed by atoms with E-state index >= 15 is 0 Å². The third-order valence-corrected chi connectivity index (χ3v) is 4.94. The molecule has 1 saturated heterocycles. The van der Waals surface area contributed by atoms with Crippen LogP contribution in [0.25, 0.3) is 0 Å². The van der Waals surface area contributed by atoms with Crippen molar-refractivity contribution in [3.63, 3.8) is 0 Å². The average molecular weight is 346 g/mol. The maximum absolute atomic E-state index is 12.0. The summed E-state index contributed by atoms with van der Waals surface area (Å²) in [6.07, 6.45) is 2.28. The number of hydrogen-bond donors (Lipinski definition) is 1. The standard InChI is InChI=1S/C17H22N4O2S/c1-13-19-20-17(21(13)11-14-6-3-2-4-7-14)24-12-16(22)18-10-15-8-5-9-23-15/h2-4,6-7,15H,5,8-12H2,1H3,(H,18,22). The van der Waals surface area contributed by atoms with E-state index in [-0.39, 0.29) is 12.0 Å². The summed E-state index contributed by atoms with van der Waals surface area (Å²) in [5.41, 5.74) is 1.19. The second-order valence-corrected chi connectivity index (χ2v) is 6.77. The van der Waals surface area contributed by atoms with Crippen LogP contribution in [0.5, 0.6) is 0 Å². The number of nitrogens with one attached hydrogen (secondary N) is 1. The summed E-state index contributed by atoms with van der Waals surface area (Å²) in [6, 6.07) is 10.2. The number of rotatable bonds is 7. The van der Waals surface area contributed by atoms with Gasteiger partial charge in [0.05, 0.1) is 18.4 Å². The van der Waals surface area contributed by atoms with E-state index in [1.54, 1.807) is 0 Å². The van der Waals surface area contributed by atoms with E-state index in [0.717, 1.165) is 30.4 Å². The molecule has 1 atom stereocenters. The average Bonchev–Trinajstić information content (AvgIpc) is 3.23. The Hall–Kier alpha value is -1.86. The molecule has 1 aromatic heterocycles. The van der Waals surface area contributed by atoms with Crippen LogP contribution >= 0.6 is 11.8 Å². The smallest absolute Gasteiger partial charge is 0.230 e. The molecule has 128 valence electrons. The molecule has 1 unspecified atom stereocenters. The Morgan fingerprint density at radius 3 is 2.96 bits per heavy atom. The minimum Gasteiger partial charge on any atom is -0.376 e. The van der Waals surface area contributed by atoms with Gasteiger partial charge in [0.15, 0.2) is 5.16 Å². The molecule has 1 N–H and O–H groups in total. The molecule has 24 heavy (non-hydrogen) atoms. The van der Waals surface area contributed by atoms with Gasteiger partial charge in [-0.3, -0.25) is 4.79 Å². The van der Waals surface area contributed by atoms with Crippen molar-refractivity contribution in [1.82, 2.24) is 20.1 Å². The summed E-state index contributed by atoms with van der Waals surface area (Å²) < 4.78 is 7.54. The molecule has 1 amide bonds. The van der Waals surface area contributed by atoms with Crippen molar-refractivity contribution < 1.29 is 9.53 Å². The molecule has 1 aliphatic heterocycles. The molecule has 0 spiro atoms. The van der Waals surface area contributed by atoms with Crippen molar-refractivity contribution in [2.75, 3.05) is 18.9 Å². The Bertz CT molecular complexity index is 668. The summed E-state index contributed by atoms with van der Waals surface area (Å²) in [5.74, 6) is 1.18. The second kappa shape index (κ2) is 8.30. The van der Waals surface area contributed by atoms with Gasteiger partial charge in [-0.15, -0.1) is 10.2 Å². The highest BCUT2D eigenvalue weighted by Crippen LogP contribution is 2.18. The molecule has 0 radical (unpaired) electrons. The van der Waals surface area contributed by atoms with E-state index in [2.05, 4.69) is 27.6 Å². The van der Waals surface area contributed by atoms with Crippen LogP contribution in [0, 0.1) is 6.92 Å². The van der Waals surface area contributed by atoms with Gasteiger partial charge in [-0.1, -0.05) is 42.1 Å². The van der Waals surface area contributed by atoms with Crippen LogP contribution in [0.4, 0.5) is 0 Å². The molecule has 7 heteroatoms. The molecule has 3 rings (SSSR count). The van der Waals surface area contributed by atoms with Crippen molar-refractivity contribution in [3.05, 3.63) is 41.7 Å². The maximum atomic E-state index is 12.0. The first-order valence-electron chi connectivity index (χ1n) is 8.17. The predicted octanol–water partition coefficient (Wildman–Crippen LogP) is 2.02. The minimum atomic E-state index is 0.00224. The number of thioether (sulfide) groups is 1. The normalized spacial score (nSPS) is 17.1. The van der Waals surface area contributed by atoms with Crippen molar-refractivity contribution in [3.8, 4) is 0 Å². The third kappa shape index (κ3) is 4.58. The van der Waals surface area contributed by atoms with Crippen molar-refractivity contribution in [2.24, 2.45) is 0 Å². The Morgan fingerprint density at radius 2 is 2.21 bits per heavy atom. The lowest BCUT2D eigenvalue weighted by Gasteiger charge is -2.11. The summed E-state index contributed by atoms with van der Waals surface area (Å²) in [7, 11) is 0. The lowest BCUT2D eigenvalue weighted by molar-refractivity contribution is -0.119. The lowest BCUT2D eigenvalue weighted by Crippen LogP contribution is -2.32. The van der Waals surface area contributed by atoms with Crippen LogP contribution in [0.3, 0.4) is 0 Å². The largest absolute Gasteiger partial charge is 0.376 e. The molecule has 0 bridgehead atoms. The van der Waals surface area contributed by atoms with Gasteiger partial charge in [0, 0.05) is 13.2 Å². The molecular weight excluding hydrogens is 324 g/mol. The third-order valence-electron chi connectivity index (χ3n) is 3.97. The molecule has 1 fully saturated rings. The number of carbonyl (C=O) groups excluding carboxylic acids is 1. The van der Waals surface area contributed by atoms with Crippen LogP contribution in [-0.4, -0.2) is 45.7 Å². The van der Waals surface area contributed by atoms with Gasteiger partial charge in [0.25, 0.3) is 0 Å². The first-order valence-corrected chi connectivity index (χ1v) is 9.16. The highest BCUT2D eigenvalue weighted by Gasteiger charge is 2.17. The molecule has 0 saturated carbocycles. The van der Waals surface area contributed by atoms with Gasteiger partial charge < -0.3 is 14.6 Å². The number of ether oxygens (including phenoxy) is 1. The maximum Gasteiger partial charge on any atom is 0.230 e. The summed E-state index contributed by atoms with van der Waals surface area (Å²) >= 11 is 1.41. The van der Waals surface area contributed by atoms with E-state index in [0.29, 0.717) is 18.8 Å². The van der Waals surface area contributed by atoms with Crippen LogP contribution in [0.2, 0.25) is 0 Å². The topological polar surface area (TPSA) is 69.0 Å². The predicted molar refractivity (Wildman–Crippen MR) is 93.0 cm³/mol. The summed E-state index contributed by atoms with van der Waals surface area (Å²) in [4.78, 5) is 12.0. The number of hydrogen-bond acceptors (Lipinski definition) is 5. The van der Waals surface area contributed by atoms with E-state index < -0.39 is 0 Å². The van der Waals surface area contributed by atoms with E-state index in [9.17, 15) is 4.79 Å². The number of benzene rings is 1. The molecule has 1 aromatic carbocycles. The second-order valence-electron chi connectivity index (χ2n) is 5.83. The molecule has 0 aliphatic carbocycles. The Morgan fingerprint density at radius 1 is 1.38 bits per heavy atom. The zero-order valence-corrected chi connectivity index (χ0v) is 14.6. The number of amides is 1. The number of aromatic nitrogens is 3.